The first-order chi connectivity index (χ1) is 19.8. The van der Waals surface area contributed by atoms with Crippen LogP contribution in [0.15, 0.2) is 6.20 Å². The Morgan fingerprint density at radius 1 is 1.14 bits per heavy atom. The van der Waals surface area contributed by atoms with Crippen molar-refractivity contribution in [2.24, 2.45) is 17.4 Å². The van der Waals surface area contributed by atoms with Gasteiger partial charge in [0, 0.05) is 19.5 Å². The van der Waals surface area contributed by atoms with E-state index in [1.54, 1.807) is 13.8 Å². The van der Waals surface area contributed by atoms with Crippen molar-refractivity contribution in [3.63, 3.8) is 0 Å². The molecule has 2 heterocycles. The number of primary amides is 1. The van der Waals surface area contributed by atoms with E-state index >= 15 is 0 Å². The lowest BCUT2D eigenvalue weighted by Crippen LogP contribution is -2.55. The molecule has 8 N–H and O–H groups in total. The number of rotatable bonds is 14. The van der Waals surface area contributed by atoms with Crippen LogP contribution < -0.4 is 22.1 Å². The normalized spacial score (nSPS) is 20.5. The number of nitrogens with one attached hydrogen (secondary N) is 2. The molecule has 2 unspecified atom stereocenters. The number of Topliss-reactive ketones (excluding diaryl/α,β-unsaturated/α-hetero) is 1. The molecule has 0 aromatic carbocycles. The highest BCUT2D eigenvalue weighted by atomic mass is 35.5. The minimum atomic E-state index is -1.29. The van der Waals surface area contributed by atoms with Crippen LogP contribution >= 0.6 is 12.4 Å². The molecule has 43 heavy (non-hydrogen) atoms. The fourth-order valence-corrected chi connectivity index (χ4v) is 5.91. The van der Waals surface area contributed by atoms with Crippen LogP contribution in [0.25, 0.3) is 0 Å². The van der Waals surface area contributed by atoms with Crippen molar-refractivity contribution in [3.05, 3.63) is 11.9 Å². The SMILES string of the molecule is CC(C)(O)c1cnnn1[C@H]1C[C@@H](C(=O)NC(CCCCNC(=O)O)C(=O)C(N)=O)N(C(=O)C(N)CC2CCCCC2)C1.Cl. The summed E-state index contributed by atoms with van der Waals surface area (Å²) < 4.78 is 1.50. The van der Waals surface area contributed by atoms with E-state index in [1.165, 1.54) is 22.2 Å². The molecule has 4 atom stereocenters. The first kappa shape index (κ1) is 35.9. The lowest BCUT2D eigenvalue weighted by atomic mass is 9.84. The number of ketones is 1. The van der Waals surface area contributed by atoms with E-state index in [4.69, 9.17) is 16.6 Å². The molecule has 242 valence electrons. The maximum atomic E-state index is 13.7. The van der Waals surface area contributed by atoms with E-state index < -0.39 is 59.4 Å². The van der Waals surface area contributed by atoms with E-state index in [0.717, 1.165) is 25.7 Å². The standard InChI is InChI=1S/C27H44N8O7.ClH/c1-27(2,42)21-14-31-33-35(21)17-13-20(34(15-17)25(39)18(28)12-16-8-4-3-5-9-16)24(38)32-19(22(36)23(29)37)10-6-7-11-30-26(40)41;/h14,16-20,30,42H,3-13,15,28H2,1-2H3,(H2,29,37)(H,32,38)(H,40,41);1H/t17-,18?,19?,20-;/m0./s1. The number of nitrogens with two attached hydrogens (primary N) is 2. The number of hydrogen-bond donors (Lipinski definition) is 6. The Bertz CT molecular complexity index is 1130. The zero-order valence-corrected chi connectivity index (χ0v) is 25.6. The Hall–Kier alpha value is -3.30. The third-order valence-electron chi connectivity index (χ3n) is 8.11. The Labute approximate surface area is 256 Å². The van der Waals surface area contributed by atoms with Crippen molar-refractivity contribution in [1.29, 1.82) is 0 Å². The maximum absolute atomic E-state index is 13.7. The molecule has 1 aromatic heterocycles. The Kier molecular flexibility index (Phi) is 13.3. The van der Waals surface area contributed by atoms with Gasteiger partial charge >= 0.3 is 6.09 Å². The van der Waals surface area contributed by atoms with Crippen molar-refractivity contribution in [3.8, 4) is 0 Å². The molecule has 16 heteroatoms. The molecule has 2 aliphatic rings. The second-order valence-electron chi connectivity index (χ2n) is 11.9. The number of likely N-dealkylation sites (tertiary alicyclic amines) is 1. The maximum Gasteiger partial charge on any atom is 0.404 e. The minimum Gasteiger partial charge on any atom is -0.465 e. The molecule has 2 fully saturated rings. The van der Waals surface area contributed by atoms with Crippen molar-refractivity contribution in [1.82, 2.24) is 30.5 Å². The van der Waals surface area contributed by atoms with Gasteiger partial charge in [-0.15, -0.1) is 17.5 Å². The lowest BCUT2D eigenvalue weighted by Gasteiger charge is -2.30. The summed E-state index contributed by atoms with van der Waals surface area (Å²) in [6.07, 6.45) is 6.94. The van der Waals surface area contributed by atoms with Gasteiger partial charge in [-0.1, -0.05) is 37.3 Å². The predicted octanol–water partition coefficient (Wildman–Crippen LogP) is 0.344. The van der Waals surface area contributed by atoms with Gasteiger partial charge in [0.05, 0.1) is 30.0 Å². The molecule has 4 amide bonds. The number of amides is 4. The third-order valence-corrected chi connectivity index (χ3v) is 8.11. The Morgan fingerprint density at radius 2 is 1.81 bits per heavy atom. The summed E-state index contributed by atoms with van der Waals surface area (Å²) in [5.74, 6) is -2.92. The topological polar surface area (TPSA) is 236 Å². The van der Waals surface area contributed by atoms with Crippen LogP contribution in [0.4, 0.5) is 4.79 Å². The number of nitrogens with zero attached hydrogens (tertiary/aromatic N) is 4. The van der Waals surface area contributed by atoms with Crippen molar-refractivity contribution < 1.29 is 34.2 Å². The van der Waals surface area contributed by atoms with Gasteiger partial charge in [0.25, 0.3) is 5.91 Å². The van der Waals surface area contributed by atoms with E-state index in [2.05, 4.69) is 20.9 Å². The molecule has 0 spiro atoms. The molecule has 0 bridgehead atoms. The van der Waals surface area contributed by atoms with E-state index in [-0.39, 0.29) is 38.3 Å². The number of carbonyl (C=O) groups is 5. The minimum absolute atomic E-state index is 0. The molecular weight excluding hydrogens is 584 g/mol. The van der Waals surface area contributed by atoms with Crippen LogP contribution in [0.5, 0.6) is 0 Å². The molecule has 0 radical (unpaired) electrons. The van der Waals surface area contributed by atoms with Gasteiger partial charge < -0.3 is 37.2 Å². The van der Waals surface area contributed by atoms with Gasteiger partial charge in [-0.25, -0.2) is 9.48 Å². The highest BCUT2D eigenvalue weighted by Crippen LogP contribution is 2.33. The number of carboxylic acid groups (broad SMARTS) is 1. The Morgan fingerprint density at radius 3 is 2.42 bits per heavy atom. The zero-order chi connectivity index (χ0) is 31.0. The average molecular weight is 629 g/mol. The van der Waals surface area contributed by atoms with Crippen LogP contribution in [0.3, 0.4) is 0 Å². The van der Waals surface area contributed by atoms with Crippen LogP contribution in [-0.2, 0) is 24.8 Å². The molecular formula is C27H45ClN8O7. The number of hydrogen-bond acceptors (Lipinski definition) is 9. The van der Waals surface area contributed by atoms with Gasteiger partial charge in [0.1, 0.15) is 11.6 Å². The lowest BCUT2D eigenvalue weighted by molar-refractivity contribution is -0.142. The summed E-state index contributed by atoms with van der Waals surface area (Å²) in [7, 11) is 0. The van der Waals surface area contributed by atoms with Crippen molar-refractivity contribution in [2.75, 3.05) is 13.1 Å². The van der Waals surface area contributed by atoms with Crippen molar-refractivity contribution in [2.45, 2.75) is 108 Å². The first-order valence-corrected chi connectivity index (χ1v) is 14.6. The van der Waals surface area contributed by atoms with Crippen molar-refractivity contribution >= 4 is 42.0 Å². The second-order valence-corrected chi connectivity index (χ2v) is 11.9. The summed E-state index contributed by atoms with van der Waals surface area (Å²) >= 11 is 0. The summed E-state index contributed by atoms with van der Waals surface area (Å²) in [5, 5.41) is 32.2. The third kappa shape index (κ3) is 9.86. The molecule has 3 rings (SSSR count). The number of carbonyl (C=O) groups excluding carboxylic acids is 4. The summed E-state index contributed by atoms with van der Waals surface area (Å²) in [6.45, 7) is 3.37. The number of halogens is 1. The first-order valence-electron chi connectivity index (χ1n) is 14.6. The number of unbranched alkanes of at least 4 members (excludes halogenated alkanes) is 1. The molecule has 1 aromatic rings. The second kappa shape index (κ2) is 16.0. The fourth-order valence-electron chi connectivity index (χ4n) is 5.91. The highest BCUT2D eigenvalue weighted by molar-refractivity contribution is 6.37. The van der Waals surface area contributed by atoms with Crippen LogP contribution in [0.1, 0.15) is 89.8 Å². The van der Waals surface area contributed by atoms with E-state index in [9.17, 15) is 29.1 Å². The molecule has 1 saturated carbocycles. The zero-order valence-electron chi connectivity index (χ0n) is 24.7. The van der Waals surface area contributed by atoms with E-state index in [1.807, 2.05) is 0 Å². The molecule has 1 aliphatic carbocycles. The molecule has 1 saturated heterocycles. The fraction of sp³-hybridized carbons (Fsp3) is 0.741. The van der Waals surface area contributed by atoms with Crippen LogP contribution in [0.2, 0.25) is 0 Å². The Balaban J connectivity index is 0.00000645. The van der Waals surface area contributed by atoms with E-state index in [0.29, 0.717) is 30.9 Å². The van der Waals surface area contributed by atoms with Crippen LogP contribution in [-0.4, -0.2) is 90.9 Å². The summed E-state index contributed by atoms with van der Waals surface area (Å²) in [4.78, 5) is 63.7. The number of aromatic nitrogens is 3. The molecule has 1 aliphatic heterocycles. The van der Waals surface area contributed by atoms with Gasteiger partial charge in [0.2, 0.25) is 17.6 Å². The average Bonchev–Trinajstić information content (AvgIpc) is 3.59. The quantitative estimate of drug-likeness (QED) is 0.122. The highest BCUT2D eigenvalue weighted by Gasteiger charge is 2.44. The smallest absolute Gasteiger partial charge is 0.404 e. The largest absolute Gasteiger partial charge is 0.465 e. The van der Waals surface area contributed by atoms with Gasteiger partial charge in [-0.2, -0.15) is 0 Å². The number of aliphatic hydroxyl groups is 1. The van der Waals surface area contributed by atoms with Crippen LogP contribution in [0, 0.1) is 5.92 Å². The summed E-state index contributed by atoms with van der Waals surface area (Å²) in [5.41, 5.74) is 10.7. The van der Waals surface area contributed by atoms with Gasteiger partial charge in [-0.3, -0.25) is 19.2 Å². The summed E-state index contributed by atoms with van der Waals surface area (Å²) in [6, 6.07) is -3.61. The monoisotopic (exact) mass is 628 g/mol. The van der Waals surface area contributed by atoms with Gasteiger partial charge in [0.15, 0.2) is 0 Å². The van der Waals surface area contributed by atoms with Gasteiger partial charge in [-0.05, 0) is 45.4 Å². The predicted molar refractivity (Wildman–Crippen MR) is 157 cm³/mol. The molecule has 15 nitrogen and oxygen atoms in total.